The third kappa shape index (κ3) is 3.22. The molecule has 2 heterocycles. The molecule has 4 nitrogen and oxygen atoms in total. The molecule has 0 saturated heterocycles. The Hall–Kier alpha value is -2.07. The van der Waals surface area contributed by atoms with Gasteiger partial charge in [-0.25, -0.2) is 0 Å². The third-order valence-electron chi connectivity index (χ3n) is 4.17. The van der Waals surface area contributed by atoms with Crippen LogP contribution in [0.3, 0.4) is 0 Å². The molecule has 1 N–H and O–H groups in total. The number of carbonyl (C=O) groups is 1. The summed E-state index contributed by atoms with van der Waals surface area (Å²) in [6, 6.07) is 12.4. The summed E-state index contributed by atoms with van der Waals surface area (Å²) in [6.07, 6.45) is 1.88. The fourth-order valence-corrected chi connectivity index (χ4v) is 3.04. The van der Waals surface area contributed by atoms with Gasteiger partial charge in [0.25, 0.3) is 5.91 Å². The van der Waals surface area contributed by atoms with E-state index in [1.807, 2.05) is 31.1 Å². The number of aromatic amines is 1. The number of H-pyrrole nitrogens is 1. The Labute approximate surface area is 131 Å². The summed E-state index contributed by atoms with van der Waals surface area (Å²) in [5, 5.41) is 0. The predicted molar refractivity (Wildman–Crippen MR) is 87.9 cm³/mol. The van der Waals surface area contributed by atoms with Crippen molar-refractivity contribution in [1.29, 1.82) is 0 Å². The molecule has 1 aliphatic rings. The third-order valence-corrected chi connectivity index (χ3v) is 4.17. The normalized spacial score (nSPS) is 14.8. The SMILES string of the molecule is CN(C)Cc1ccc(C(=O)N2CCc3ccccc3CC2)[nH]1. The minimum atomic E-state index is 0.109. The number of fused-ring (bicyclic) bond motifs is 1. The van der Waals surface area contributed by atoms with Gasteiger partial charge in [0.1, 0.15) is 5.69 Å². The summed E-state index contributed by atoms with van der Waals surface area (Å²) in [4.78, 5) is 20.0. The van der Waals surface area contributed by atoms with Crippen molar-refractivity contribution in [1.82, 2.24) is 14.8 Å². The van der Waals surface area contributed by atoms with Crippen LogP contribution in [0.15, 0.2) is 36.4 Å². The van der Waals surface area contributed by atoms with E-state index in [-0.39, 0.29) is 5.91 Å². The zero-order valence-corrected chi connectivity index (χ0v) is 13.3. The summed E-state index contributed by atoms with van der Waals surface area (Å²) in [7, 11) is 4.04. The van der Waals surface area contributed by atoms with E-state index in [0.29, 0.717) is 5.69 Å². The molecule has 1 aliphatic heterocycles. The Morgan fingerprint density at radius 2 is 1.73 bits per heavy atom. The van der Waals surface area contributed by atoms with E-state index >= 15 is 0 Å². The molecule has 0 radical (unpaired) electrons. The topological polar surface area (TPSA) is 39.3 Å². The summed E-state index contributed by atoms with van der Waals surface area (Å²) in [5.41, 5.74) is 4.52. The number of rotatable bonds is 3. The molecule has 4 heteroatoms. The molecule has 0 atom stereocenters. The van der Waals surface area contributed by atoms with E-state index in [0.717, 1.165) is 38.2 Å². The van der Waals surface area contributed by atoms with Crippen LogP contribution in [0.4, 0.5) is 0 Å². The van der Waals surface area contributed by atoms with Crippen molar-refractivity contribution in [3.63, 3.8) is 0 Å². The largest absolute Gasteiger partial charge is 0.353 e. The Morgan fingerprint density at radius 1 is 1.09 bits per heavy atom. The number of aromatic nitrogens is 1. The summed E-state index contributed by atoms with van der Waals surface area (Å²) >= 11 is 0. The van der Waals surface area contributed by atoms with Gasteiger partial charge in [0.2, 0.25) is 0 Å². The Bertz CT molecular complexity index is 633. The molecule has 1 aromatic heterocycles. The van der Waals surface area contributed by atoms with Gasteiger partial charge in [0.15, 0.2) is 0 Å². The number of hydrogen-bond acceptors (Lipinski definition) is 2. The van der Waals surface area contributed by atoms with Crippen molar-refractivity contribution < 1.29 is 4.79 Å². The van der Waals surface area contributed by atoms with Crippen LogP contribution in [0.1, 0.15) is 27.3 Å². The second-order valence-corrected chi connectivity index (χ2v) is 6.20. The van der Waals surface area contributed by atoms with Gasteiger partial charge in [-0.3, -0.25) is 4.79 Å². The van der Waals surface area contributed by atoms with Crippen LogP contribution in [-0.2, 0) is 19.4 Å². The van der Waals surface area contributed by atoms with Crippen molar-refractivity contribution in [2.75, 3.05) is 27.2 Å². The van der Waals surface area contributed by atoms with E-state index in [1.165, 1.54) is 11.1 Å². The van der Waals surface area contributed by atoms with E-state index in [9.17, 15) is 4.79 Å². The minimum Gasteiger partial charge on any atom is -0.353 e. The zero-order chi connectivity index (χ0) is 15.5. The first-order valence-electron chi connectivity index (χ1n) is 7.82. The van der Waals surface area contributed by atoms with Crippen LogP contribution in [0.25, 0.3) is 0 Å². The molecule has 0 fully saturated rings. The summed E-state index contributed by atoms with van der Waals surface area (Å²) < 4.78 is 0. The number of nitrogens with one attached hydrogen (secondary N) is 1. The van der Waals surface area contributed by atoms with Crippen LogP contribution >= 0.6 is 0 Å². The summed E-state index contributed by atoms with van der Waals surface area (Å²) in [5.74, 6) is 0.109. The molecule has 0 spiro atoms. The lowest BCUT2D eigenvalue weighted by atomic mass is 10.0. The van der Waals surface area contributed by atoms with Crippen molar-refractivity contribution in [2.24, 2.45) is 0 Å². The maximum Gasteiger partial charge on any atom is 0.270 e. The number of nitrogens with zero attached hydrogens (tertiary/aromatic N) is 2. The zero-order valence-electron chi connectivity index (χ0n) is 13.3. The second kappa shape index (κ2) is 6.36. The molecule has 2 aromatic rings. The first kappa shape index (κ1) is 14.9. The highest BCUT2D eigenvalue weighted by molar-refractivity contribution is 5.92. The highest BCUT2D eigenvalue weighted by atomic mass is 16.2. The molecule has 116 valence electrons. The van der Waals surface area contributed by atoms with Gasteiger partial charge in [0.05, 0.1) is 0 Å². The number of amides is 1. The lowest BCUT2D eigenvalue weighted by molar-refractivity contribution is 0.0757. The van der Waals surface area contributed by atoms with Crippen LogP contribution in [0.2, 0.25) is 0 Å². The maximum absolute atomic E-state index is 12.7. The van der Waals surface area contributed by atoms with E-state index in [2.05, 4.69) is 34.1 Å². The summed E-state index contributed by atoms with van der Waals surface area (Å²) in [6.45, 7) is 2.40. The van der Waals surface area contributed by atoms with Gasteiger partial charge >= 0.3 is 0 Å². The molecular weight excluding hydrogens is 274 g/mol. The number of hydrogen-bond donors (Lipinski definition) is 1. The fraction of sp³-hybridized carbons (Fsp3) is 0.389. The van der Waals surface area contributed by atoms with Crippen molar-refractivity contribution in [2.45, 2.75) is 19.4 Å². The number of carbonyl (C=O) groups excluding carboxylic acids is 1. The predicted octanol–water partition coefficient (Wildman–Crippen LogP) is 2.32. The second-order valence-electron chi connectivity index (χ2n) is 6.20. The Balaban J connectivity index is 1.70. The molecular formula is C18H23N3O. The average molecular weight is 297 g/mol. The van der Waals surface area contributed by atoms with E-state index in [4.69, 9.17) is 0 Å². The van der Waals surface area contributed by atoms with Gasteiger partial charge in [0, 0.05) is 25.3 Å². The minimum absolute atomic E-state index is 0.109. The van der Waals surface area contributed by atoms with Crippen LogP contribution < -0.4 is 0 Å². The molecule has 3 rings (SSSR count). The molecule has 0 bridgehead atoms. The smallest absolute Gasteiger partial charge is 0.270 e. The van der Waals surface area contributed by atoms with Gasteiger partial charge in [-0.05, 0) is 50.2 Å². The van der Waals surface area contributed by atoms with E-state index < -0.39 is 0 Å². The van der Waals surface area contributed by atoms with Crippen molar-refractivity contribution in [3.8, 4) is 0 Å². The highest BCUT2D eigenvalue weighted by Gasteiger charge is 2.20. The van der Waals surface area contributed by atoms with Crippen LogP contribution in [-0.4, -0.2) is 47.9 Å². The molecule has 0 aliphatic carbocycles. The first-order chi connectivity index (χ1) is 10.6. The van der Waals surface area contributed by atoms with Gasteiger partial charge < -0.3 is 14.8 Å². The van der Waals surface area contributed by atoms with Gasteiger partial charge in [-0.1, -0.05) is 24.3 Å². The maximum atomic E-state index is 12.7. The van der Waals surface area contributed by atoms with Gasteiger partial charge in [-0.15, -0.1) is 0 Å². The first-order valence-corrected chi connectivity index (χ1v) is 7.82. The van der Waals surface area contributed by atoms with Crippen LogP contribution in [0.5, 0.6) is 0 Å². The highest BCUT2D eigenvalue weighted by Crippen LogP contribution is 2.17. The molecule has 0 unspecified atom stereocenters. The Kier molecular flexibility index (Phi) is 4.29. The lowest BCUT2D eigenvalue weighted by Crippen LogP contribution is -2.33. The molecule has 1 aromatic carbocycles. The Morgan fingerprint density at radius 3 is 2.32 bits per heavy atom. The van der Waals surface area contributed by atoms with Crippen molar-refractivity contribution >= 4 is 5.91 Å². The van der Waals surface area contributed by atoms with Crippen LogP contribution in [0, 0.1) is 0 Å². The van der Waals surface area contributed by atoms with E-state index in [1.54, 1.807) is 0 Å². The lowest BCUT2D eigenvalue weighted by Gasteiger charge is -2.19. The molecule has 22 heavy (non-hydrogen) atoms. The quantitative estimate of drug-likeness (QED) is 0.944. The molecule has 0 saturated carbocycles. The fourth-order valence-electron chi connectivity index (χ4n) is 3.04. The monoisotopic (exact) mass is 297 g/mol. The van der Waals surface area contributed by atoms with Gasteiger partial charge in [-0.2, -0.15) is 0 Å². The standard InChI is InChI=1S/C18H23N3O/c1-20(2)13-16-7-8-17(19-16)18(22)21-11-9-14-5-3-4-6-15(14)10-12-21/h3-8,19H,9-13H2,1-2H3. The molecule has 1 amide bonds. The van der Waals surface area contributed by atoms with Crippen molar-refractivity contribution in [3.05, 3.63) is 58.9 Å². The number of benzene rings is 1. The average Bonchev–Trinajstić information content (AvgIpc) is 2.84.